The highest BCUT2D eigenvalue weighted by Gasteiger charge is 2.52. The molecule has 32 nitrogen and oxygen atoms in total. The van der Waals surface area contributed by atoms with Crippen molar-refractivity contribution in [2.45, 2.75) is 213 Å². The Hall–Kier alpha value is -13.6. The lowest BCUT2D eigenvalue weighted by Gasteiger charge is -2.35. The minimum atomic E-state index is -4.93. The number of benzene rings is 6. The number of β-amino-alcohol motifs (C(OH)–C–C–N with tert-alkyl or cyclic N) is 4. The normalized spacial score (nSPS) is 19.5. The Morgan fingerprint density at radius 2 is 0.823 bits per heavy atom. The molecule has 11 N–H and O–H groups in total. The average molecular weight is 1970 g/mol. The number of ether oxygens (including phenoxy) is 1. The number of alkyl halides is 3. The van der Waals surface area contributed by atoms with E-state index in [0.717, 1.165) is 88.1 Å². The number of carbonyl (C=O) groups is 11. The Kier molecular flexibility index (Phi) is 34.4. The number of hydrogen-bond donors (Lipinski definition) is 10. The van der Waals surface area contributed by atoms with Crippen molar-refractivity contribution in [3.05, 3.63) is 267 Å². The maximum absolute atomic E-state index is 13.8. The summed E-state index contributed by atoms with van der Waals surface area (Å²) < 4.78 is 43.5. The first-order valence-corrected chi connectivity index (χ1v) is 48.4. The highest BCUT2D eigenvalue weighted by Crippen LogP contribution is 2.37. The zero-order valence-electron chi connectivity index (χ0n) is 80.2. The first-order chi connectivity index (χ1) is 67.2. The number of fused-ring (bicyclic) bond motifs is 2. The standard InChI is InChI=1S/C31H34N4O4.C28H33N5O4S.C26H31N3O5.C19H21F3N4O3S/c1-19(2)28(35-17-23-6-4-5-7-26(23)30(35)38)31(39)34-18-24(36)14-27(34)29(37)33-16-21-8-10-22(11-9-21)25-12-13-32-15-20(25)3;1-17-23(38-16-31-17)19-9-7-18(8-10-19)13-30-26(36)22-12-21(34)15-33(22)27(37)24(28(2,3)4)32-25(35)20-6-5-11-29-14-20;1-16(2)23(29-14-18-6-4-5-7-21(18)25(29)32)26(33)28-15-19(30)12-22(28)24(31)27-13-17-8-10-20(34-3)11-9-17;1-10-15(30-9-25-10)12-4-2-11(3-5-12)7-24-17(28)14-6-13(27)8-26(14)18(29)16(23)19(20,21)22/h4-13,15,19,24,27-28,36H,14,16-18H2,1-3H3,(H,33,37);5-11,14,16,21-22,24,34H,12-13,15H2,1-4H3,(H,30,36)(H,32,35);4-11,16,19,22-23,30H,12-15H2,1-3H3,(H,27,31);2-5,9,13-14,16,27H,6-8,23H2,1H3,(H,24,28)/t24-,27+,28+;21-,22+,24-;19-,22+,23+;13-,14+,16?/m1111/s1. The van der Waals surface area contributed by atoms with Crippen LogP contribution in [0.5, 0.6) is 5.75 Å². The van der Waals surface area contributed by atoms with Crippen molar-refractivity contribution in [2.24, 2.45) is 23.0 Å². The van der Waals surface area contributed by atoms with Crippen LogP contribution in [-0.2, 0) is 77.6 Å². The van der Waals surface area contributed by atoms with Crippen molar-refractivity contribution in [2.75, 3.05) is 33.3 Å². The fraction of sp³-hybridized carbons (Fsp3) is 0.394. The third kappa shape index (κ3) is 25.4. The number of thiazole rings is 2. The molecule has 4 fully saturated rings. The molecule has 141 heavy (non-hydrogen) atoms. The van der Waals surface area contributed by atoms with Crippen molar-refractivity contribution in [3.8, 4) is 37.8 Å². The molecule has 6 aliphatic heterocycles. The number of carbonyl (C=O) groups excluding carboxylic acids is 11. The van der Waals surface area contributed by atoms with E-state index in [1.165, 1.54) is 32.2 Å². The number of amides is 11. The highest BCUT2D eigenvalue weighted by atomic mass is 32.1. The molecule has 37 heteroatoms. The van der Waals surface area contributed by atoms with Gasteiger partial charge in [0.15, 0.2) is 6.04 Å². The molecule has 11 amide bonds. The number of halogens is 3. The predicted octanol–water partition coefficient (Wildman–Crippen LogP) is 9.79. The van der Waals surface area contributed by atoms with Gasteiger partial charge in [-0.25, -0.2) is 9.97 Å². The molecular formula is C104H119F3N16O16S2. The number of likely N-dealkylation sites (tertiary alicyclic amines) is 4. The SMILES string of the molecule is COc1ccc(CNC(=O)[C@@H]2C[C@@H](O)CN2C(=O)[C@H](C(C)C)N2Cc3ccccc3C2=O)cc1.Cc1cnccc1-c1ccc(CNC(=O)[C@@H]2C[C@@H](O)CN2C(=O)[C@H](C(C)C)N2Cc3ccccc3C2=O)cc1.Cc1ncsc1-c1ccc(CNC(=O)[C@@H]2C[C@@H](O)CN2C(=O)C(N)C(F)(F)F)cc1.Cc1ncsc1-c1ccc(CNC(=O)[C@@H]2C[C@@H](O)CN2C(=O)[C@@H](NC(=O)c2cccnc2)C(C)(C)C)cc1. The molecule has 0 bridgehead atoms. The average Bonchev–Trinajstić information content (AvgIpc) is 1.62. The lowest BCUT2D eigenvalue weighted by Crippen LogP contribution is -2.57. The molecule has 4 aromatic heterocycles. The number of nitrogens with zero attached hydrogens (tertiary/aromatic N) is 10. The fourth-order valence-electron chi connectivity index (χ4n) is 18.2. The number of aliphatic hydroxyl groups is 4. The van der Waals surface area contributed by atoms with Crippen molar-refractivity contribution in [1.29, 1.82) is 0 Å². The van der Waals surface area contributed by atoms with Gasteiger partial charge in [-0.3, -0.25) is 62.7 Å². The molecule has 6 aliphatic rings. The lowest BCUT2D eigenvalue weighted by molar-refractivity contribution is -0.171. The van der Waals surface area contributed by atoms with E-state index in [0.29, 0.717) is 47.8 Å². The molecule has 16 rings (SSSR count). The number of nitrogens with one attached hydrogen (secondary N) is 5. The van der Waals surface area contributed by atoms with Crippen LogP contribution >= 0.6 is 22.7 Å². The van der Waals surface area contributed by atoms with Crippen molar-refractivity contribution in [1.82, 2.24) is 75.9 Å². The fourth-order valence-corrected chi connectivity index (χ4v) is 19.9. The molecule has 744 valence electrons. The summed E-state index contributed by atoms with van der Waals surface area (Å²) in [5.41, 5.74) is 22.0. The summed E-state index contributed by atoms with van der Waals surface area (Å²) in [5, 5.41) is 55.1. The topological polar surface area (TPSA) is 435 Å². The molecule has 4 saturated heterocycles. The van der Waals surface area contributed by atoms with Crippen LogP contribution in [0.4, 0.5) is 13.2 Å². The number of hydrogen-bond acceptors (Lipinski definition) is 23. The van der Waals surface area contributed by atoms with Gasteiger partial charge in [0, 0.05) is 127 Å². The molecule has 0 aliphatic carbocycles. The van der Waals surface area contributed by atoms with Crippen LogP contribution in [-0.4, -0.2) is 247 Å². The molecule has 0 spiro atoms. The van der Waals surface area contributed by atoms with Crippen LogP contribution in [0.1, 0.15) is 156 Å². The molecule has 0 radical (unpaired) electrons. The molecular weight excluding hydrogens is 1850 g/mol. The Balaban J connectivity index is 0.000000159. The Morgan fingerprint density at radius 1 is 0.461 bits per heavy atom. The maximum atomic E-state index is 13.8. The quantitative estimate of drug-likeness (QED) is 0.0241. The first-order valence-electron chi connectivity index (χ1n) is 46.6. The summed E-state index contributed by atoms with van der Waals surface area (Å²) in [6.45, 7) is 20.5. The number of rotatable bonds is 26. The Morgan fingerprint density at radius 3 is 1.16 bits per heavy atom. The summed E-state index contributed by atoms with van der Waals surface area (Å²) >= 11 is 3.10. The van der Waals surface area contributed by atoms with Crippen LogP contribution < -0.4 is 37.1 Å². The summed E-state index contributed by atoms with van der Waals surface area (Å²) in [6, 6.07) is 41.9. The third-order valence-electron chi connectivity index (χ3n) is 25.8. The van der Waals surface area contributed by atoms with Gasteiger partial charge in [0.25, 0.3) is 17.7 Å². The van der Waals surface area contributed by atoms with Crippen LogP contribution in [0.25, 0.3) is 32.0 Å². The molecule has 10 aromatic rings. The largest absolute Gasteiger partial charge is 0.497 e. The second-order valence-corrected chi connectivity index (χ2v) is 39.4. The van der Waals surface area contributed by atoms with Gasteiger partial charge in [-0.05, 0) is 142 Å². The summed E-state index contributed by atoms with van der Waals surface area (Å²) in [7, 11) is 1.59. The summed E-state index contributed by atoms with van der Waals surface area (Å²) in [6.07, 6.45) is -1.53. The van der Waals surface area contributed by atoms with Gasteiger partial charge in [-0.15, -0.1) is 22.7 Å². The van der Waals surface area contributed by atoms with E-state index in [2.05, 4.69) is 46.5 Å². The lowest BCUT2D eigenvalue weighted by atomic mass is 9.85. The number of aliphatic hydroxyl groups excluding tert-OH is 4. The second-order valence-electron chi connectivity index (χ2n) is 37.7. The van der Waals surface area contributed by atoms with E-state index in [1.54, 1.807) is 70.4 Å². The molecule has 1 unspecified atom stereocenters. The van der Waals surface area contributed by atoms with Crippen LogP contribution in [0.15, 0.2) is 200 Å². The maximum Gasteiger partial charge on any atom is 0.412 e. The summed E-state index contributed by atoms with van der Waals surface area (Å²) in [5.74, 6) is -4.45. The third-order valence-corrected chi connectivity index (χ3v) is 27.7. The number of nitrogens with two attached hydrogens (primary N) is 1. The van der Waals surface area contributed by atoms with Crippen LogP contribution in [0.3, 0.4) is 0 Å². The molecule has 6 aromatic carbocycles. The van der Waals surface area contributed by atoms with Crippen molar-refractivity contribution < 1.29 is 91.1 Å². The van der Waals surface area contributed by atoms with Gasteiger partial charge in [-0.2, -0.15) is 13.2 Å². The zero-order valence-corrected chi connectivity index (χ0v) is 81.9. The monoisotopic (exact) mass is 1970 g/mol. The minimum absolute atomic E-state index is 0.0230. The Bertz CT molecular complexity index is 6130. The number of pyridine rings is 2. The summed E-state index contributed by atoms with van der Waals surface area (Å²) in [4.78, 5) is 171. The highest BCUT2D eigenvalue weighted by molar-refractivity contribution is 7.13. The van der Waals surface area contributed by atoms with Gasteiger partial charge in [0.1, 0.15) is 48.0 Å². The van der Waals surface area contributed by atoms with Gasteiger partial charge < -0.3 is 86.9 Å². The molecule has 12 atom stereocenters. The van der Waals surface area contributed by atoms with E-state index in [9.17, 15) is 86.3 Å². The van der Waals surface area contributed by atoms with Crippen LogP contribution in [0, 0.1) is 38.0 Å². The smallest absolute Gasteiger partial charge is 0.412 e. The van der Waals surface area contributed by atoms with Crippen LogP contribution in [0.2, 0.25) is 0 Å². The number of methoxy groups -OCH3 is 1. The van der Waals surface area contributed by atoms with E-state index in [1.807, 2.05) is 220 Å². The number of aryl methyl sites for hydroxylation is 3. The van der Waals surface area contributed by atoms with Gasteiger partial charge >= 0.3 is 6.18 Å². The zero-order chi connectivity index (χ0) is 102. The molecule has 0 saturated carbocycles. The van der Waals surface area contributed by atoms with Gasteiger partial charge in [0.2, 0.25) is 47.3 Å². The van der Waals surface area contributed by atoms with Gasteiger partial charge in [-0.1, -0.05) is 170 Å². The predicted molar refractivity (Wildman–Crippen MR) is 523 cm³/mol. The van der Waals surface area contributed by atoms with Crippen molar-refractivity contribution in [3.63, 3.8) is 0 Å². The Labute approximate surface area is 823 Å². The molecule has 10 heterocycles. The van der Waals surface area contributed by atoms with E-state index < -0.39 is 108 Å². The van der Waals surface area contributed by atoms with Crippen molar-refractivity contribution >= 4 is 87.7 Å². The van der Waals surface area contributed by atoms with E-state index >= 15 is 0 Å². The van der Waals surface area contributed by atoms with E-state index in [-0.39, 0.29) is 118 Å². The van der Waals surface area contributed by atoms with Gasteiger partial charge in [0.05, 0.1) is 69.3 Å². The minimum Gasteiger partial charge on any atom is -0.497 e. The second kappa shape index (κ2) is 46.2. The first kappa shape index (κ1) is 105. The number of aromatic nitrogens is 4. The van der Waals surface area contributed by atoms with E-state index in [4.69, 9.17) is 10.5 Å².